The summed E-state index contributed by atoms with van der Waals surface area (Å²) in [5.41, 5.74) is 5.65. The van der Waals surface area contributed by atoms with Gasteiger partial charge in [0.15, 0.2) is 0 Å². The Morgan fingerprint density at radius 1 is 1.47 bits per heavy atom. The molecule has 2 fully saturated rings. The number of nitrogens with zero attached hydrogens (tertiary/aromatic N) is 1. The highest BCUT2D eigenvalue weighted by atomic mass is 16.6. The minimum absolute atomic E-state index is 0.167. The van der Waals surface area contributed by atoms with E-state index in [1.807, 2.05) is 25.7 Å². The van der Waals surface area contributed by atoms with Gasteiger partial charge in [-0.15, -0.1) is 0 Å². The van der Waals surface area contributed by atoms with Gasteiger partial charge in [0, 0.05) is 18.0 Å². The predicted molar refractivity (Wildman–Crippen MR) is 66.7 cm³/mol. The molecule has 4 heteroatoms. The molecule has 1 saturated carbocycles. The van der Waals surface area contributed by atoms with Crippen molar-refractivity contribution < 1.29 is 9.53 Å². The van der Waals surface area contributed by atoms with Gasteiger partial charge in [-0.3, -0.25) is 0 Å². The van der Waals surface area contributed by atoms with Gasteiger partial charge >= 0.3 is 6.09 Å². The average Bonchev–Trinajstić information content (AvgIpc) is 2.85. The number of hydrogen-bond acceptors (Lipinski definition) is 3. The van der Waals surface area contributed by atoms with Crippen molar-refractivity contribution in [2.45, 2.75) is 58.1 Å². The average molecular weight is 240 g/mol. The molecular formula is C13H24N2O2. The number of likely N-dealkylation sites (tertiary alicyclic amines) is 1. The Morgan fingerprint density at radius 3 is 2.59 bits per heavy atom. The van der Waals surface area contributed by atoms with E-state index in [1.54, 1.807) is 0 Å². The van der Waals surface area contributed by atoms with Crippen LogP contribution in [0.25, 0.3) is 0 Å². The first kappa shape index (κ1) is 12.7. The van der Waals surface area contributed by atoms with Crippen molar-refractivity contribution in [3.8, 4) is 0 Å². The molecule has 1 heterocycles. The topological polar surface area (TPSA) is 55.6 Å². The van der Waals surface area contributed by atoms with Crippen LogP contribution >= 0.6 is 0 Å². The SMILES string of the molecule is CC(C)(C)OC(=O)N1CCCC1C1(CN)CC1. The van der Waals surface area contributed by atoms with Crippen molar-refractivity contribution in [2.24, 2.45) is 11.1 Å². The third-order valence-electron chi connectivity index (χ3n) is 3.89. The van der Waals surface area contributed by atoms with E-state index >= 15 is 0 Å². The van der Waals surface area contributed by atoms with E-state index in [2.05, 4.69) is 0 Å². The molecular weight excluding hydrogens is 216 g/mol. The normalized spacial score (nSPS) is 27.1. The third kappa shape index (κ3) is 2.57. The van der Waals surface area contributed by atoms with Crippen LogP contribution in [0.3, 0.4) is 0 Å². The molecule has 1 saturated heterocycles. The van der Waals surface area contributed by atoms with Crippen molar-refractivity contribution in [3.63, 3.8) is 0 Å². The lowest BCUT2D eigenvalue weighted by Crippen LogP contribution is -2.45. The standard InChI is InChI=1S/C13H24N2O2/c1-12(2,3)17-11(16)15-8-4-5-10(15)13(9-14)6-7-13/h10H,4-9,14H2,1-3H3. The minimum atomic E-state index is -0.413. The highest BCUT2D eigenvalue weighted by Gasteiger charge is 2.53. The number of hydrogen-bond donors (Lipinski definition) is 1. The molecule has 0 radical (unpaired) electrons. The quantitative estimate of drug-likeness (QED) is 0.804. The number of rotatable bonds is 2. The fourth-order valence-electron chi connectivity index (χ4n) is 2.78. The molecule has 4 nitrogen and oxygen atoms in total. The van der Waals surface area contributed by atoms with Gasteiger partial charge in [-0.2, -0.15) is 0 Å². The van der Waals surface area contributed by atoms with E-state index in [9.17, 15) is 4.79 Å². The summed E-state index contributed by atoms with van der Waals surface area (Å²) in [6.45, 7) is 7.24. The number of carbonyl (C=O) groups excluding carboxylic acids is 1. The van der Waals surface area contributed by atoms with Crippen molar-refractivity contribution in [3.05, 3.63) is 0 Å². The Morgan fingerprint density at radius 2 is 2.12 bits per heavy atom. The maximum absolute atomic E-state index is 12.1. The molecule has 2 N–H and O–H groups in total. The first-order chi connectivity index (χ1) is 7.88. The van der Waals surface area contributed by atoms with Crippen LogP contribution in [0.1, 0.15) is 46.5 Å². The summed E-state index contributed by atoms with van der Waals surface area (Å²) in [5, 5.41) is 0. The first-order valence-corrected chi connectivity index (χ1v) is 6.58. The van der Waals surface area contributed by atoms with E-state index in [0.717, 1.165) is 32.2 Å². The second-order valence-corrected chi connectivity index (χ2v) is 6.40. The van der Waals surface area contributed by atoms with E-state index in [1.165, 1.54) is 0 Å². The Labute approximate surface area is 103 Å². The van der Waals surface area contributed by atoms with Crippen LogP contribution in [-0.2, 0) is 4.74 Å². The molecule has 0 aromatic heterocycles. The molecule has 98 valence electrons. The smallest absolute Gasteiger partial charge is 0.410 e. The van der Waals surface area contributed by atoms with Crippen molar-refractivity contribution in [1.29, 1.82) is 0 Å². The van der Waals surface area contributed by atoms with Crippen LogP contribution < -0.4 is 5.73 Å². The summed E-state index contributed by atoms with van der Waals surface area (Å²) in [7, 11) is 0. The molecule has 17 heavy (non-hydrogen) atoms. The lowest BCUT2D eigenvalue weighted by Gasteiger charge is -2.32. The first-order valence-electron chi connectivity index (χ1n) is 6.58. The molecule has 1 atom stereocenters. The van der Waals surface area contributed by atoms with Gasteiger partial charge in [-0.1, -0.05) is 0 Å². The molecule has 1 aliphatic heterocycles. The van der Waals surface area contributed by atoms with Crippen LogP contribution in [0.5, 0.6) is 0 Å². The molecule has 2 rings (SSSR count). The van der Waals surface area contributed by atoms with E-state index in [-0.39, 0.29) is 11.5 Å². The predicted octanol–water partition coefficient (Wildman–Crippen LogP) is 2.12. The fraction of sp³-hybridized carbons (Fsp3) is 0.923. The monoisotopic (exact) mass is 240 g/mol. The Bertz CT molecular complexity index is 305. The van der Waals surface area contributed by atoms with Crippen LogP contribution in [-0.4, -0.2) is 35.7 Å². The van der Waals surface area contributed by atoms with Crippen LogP contribution in [0, 0.1) is 5.41 Å². The number of ether oxygens (including phenoxy) is 1. The lowest BCUT2D eigenvalue weighted by molar-refractivity contribution is 0.0164. The molecule has 2 aliphatic rings. The van der Waals surface area contributed by atoms with Gasteiger partial charge in [-0.05, 0) is 53.0 Å². The van der Waals surface area contributed by atoms with E-state index in [0.29, 0.717) is 12.6 Å². The summed E-state index contributed by atoms with van der Waals surface area (Å²) in [4.78, 5) is 14.0. The zero-order chi connectivity index (χ0) is 12.7. The number of amides is 1. The summed E-state index contributed by atoms with van der Waals surface area (Å²) < 4.78 is 5.47. The van der Waals surface area contributed by atoms with Gasteiger partial charge in [0.05, 0.1) is 0 Å². The highest BCUT2D eigenvalue weighted by molar-refractivity contribution is 5.69. The van der Waals surface area contributed by atoms with Gasteiger partial charge in [0.1, 0.15) is 5.60 Å². The Hall–Kier alpha value is -0.770. The van der Waals surface area contributed by atoms with Gasteiger partial charge < -0.3 is 15.4 Å². The highest BCUT2D eigenvalue weighted by Crippen LogP contribution is 2.52. The lowest BCUT2D eigenvalue weighted by atomic mass is 9.94. The van der Waals surface area contributed by atoms with Crippen LogP contribution in [0.4, 0.5) is 4.79 Å². The molecule has 0 bridgehead atoms. The van der Waals surface area contributed by atoms with Gasteiger partial charge in [-0.25, -0.2) is 4.79 Å². The molecule has 1 unspecified atom stereocenters. The van der Waals surface area contributed by atoms with Crippen molar-refractivity contribution >= 4 is 6.09 Å². The van der Waals surface area contributed by atoms with Gasteiger partial charge in [0.2, 0.25) is 0 Å². The molecule has 0 aromatic carbocycles. The van der Waals surface area contributed by atoms with Crippen molar-refractivity contribution in [2.75, 3.05) is 13.1 Å². The fourth-order valence-corrected chi connectivity index (χ4v) is 2.78. The molecule has 1 amide bonds. The maximum Gasteiger partial charge on any atom is 0.410 e. The Kier molecular flexibility index (Phi) is 3.10. The molecule has 0 spiro atoms. The summed E-state index contributed by atoms with van der Waals surface area (Å²) in [6, 6.07) is 0.308. The minimum Gasteiger partial charge on any atom is -0.444 e. The summed E-state index contributed by atoms with van der Waals surface area (Å²) in [6.07, 6.45) is 4.31. The largest absolute Gasteiger partial charge is 0.444 e. The van der Waals surface area contributed by atoms with Crippen molar-refractivity contribution in [1.82, 2.24) is 4.90 Å². The number of nitrogens with two attached hydrogens (primary N) is 1. The van der Waals surface area contributed by atoms with Crippen LogP contribution in [0.2, 0.25) is 0 Å². The zero-order valence-electron chi connectivity index (χ0n) is 11.2. The summed E-state index contributed by atoms with van der Waals surface area (Å²) in [5.74, 6) is 0. The van der Waals surface area contributed by atoms with E-state index in [4.69, 9.17) is 10.5 Å². The molecule has 1 aliphatic carbocycles. The second kappa shape index (κ2) is 4.16. The number of carbonyl (C=O) groups is 1. The molecule has 0 aromatic rings. The third-order valence-corrected chi connectivity index (χ3v) is 3.89. The Balaban J connectivity index is 2.02. The van der Waals surface area contributed by atoms with E-state index < -0.39 is 5.60 Å². The zero-order valence-corrected chi connectivity index (χ0v) is 11.2. The summed E-state index contributed by atoms with van der Waals surface area (Å²) >= 11 is 0. The second-order valence-electron chi connectivity index (χ2n) is 6.40. The van der Waals surface area contributed by atoms with Crippen LogP contribution in [0.15, 0.2) is 0 Å². The maximum atomic E-state index is 12.1. The van der Waals surface area contributed by atoms with Gasteiger partial charge in [0.25, 0.3) is 0 Å².